The maximum atomic E-state index is 14.0. The summed E-state index contributed by atoms with van der Waals surface area (Å²) in [4.78, 5) is 37.5. The van der Waals surface area contributed by atoms with Crippen LogP contribution in [0.5, 0.6) is 5.75 Å². The molecule has 1 aliphatic heterocycles. The predicted molar refractivity (Wildman–Crippen MR) is 93.4 cm³/mol. The third-order valence-corrected chi connectivity index (χ3v) is 3.92. The molecule has 0 unspecified atom stereocenters. The molecule has 1 N–H and O–H groups in total. The number of methoxy groups -OCH3 is 1. The minimum Gasteiger partial charge on any atom is -0.496 e. The highest BCUT2D eigenvalue weighted by Crippen LogP contribution is 2.28. The Morgan fingerprint density at radius 1 is 1.15 bits per heavy atom. The van der Waals surface area contributed by atoms with E-state index in [1.165, 1.54) is 37.5 Å². The number of nitrogens with one attached hydrogen (secondary N) is 1. The number of halogens is 2. The summed E-state index contributed by atoms with van der Waals surface area (Å²) in [5.74, 6) is -2.25. The zero-order chi connectivity index (χ0) is 18.8. The number of hydrogen-bond acceptors (Lipinski definition) is 4. The van der Waals surface area contributed by atoms with Crippen LogP contribution in [0.4, 0.5) is 14.9 Å². The van der Waals surface area contributed by atoms with Crippen LogP contribution < -0.4 is 15.0 Å². The molecule has 1 saturated heterocycles. The average Bonchev–Trinajstić information content (AvgIpc) is 2.60. The van der Waals surface area contributed by atoms with Gasteiger partial charge in [-0.3, -0.25) is 14.9 Å². The molecule has 0 spiro atoms. The summed E-state index contributed by atoms with van der Waals surface area (Å²) in [5.41, 5.74) is -0.249. The molecular formula is C18H12ClFN2O4. The number of barbiturate groups is 1. The molecule has 132 valence electrons. The number of para-hydroxylation sites is 1. The van der Waals surface area contributed by atoms with Crippen molar-refractivity contribution < 1.29 is 23.5 Å². The molecule has 1 aliphatic rings. The summed E-state index contributed by atoms with van der Waals surface area (Å²) in [6.07, 6.45) is 1.24. The first kappa shape index (κ1) is 17.6. The van der Waals surface area contributed by atoms with Crippen molar-refractivity contribution in [3.63, 3.8) is 0 Å². The summed E-state index contributed by atoms with van der Waals surface area (Å²) in [6.45, 7) is 0. The number of amides is 4. The molecule has 0 saturated carbocycles. The zero-order valence-corrected chi connectivity index (χ0v) is 14.2. The van der Waals surface area contributed by atoms with E-state index >= 15 is 0 Å². The molecular weight excluding hydrogens is 363 g/mol. The Kier molecular flexibility index (Phi) is 4.73. The molecule has 6 nitrogen and oxygen atoms in total. The lowest BCUT2D eigenvalue weighted by molar-refractivity contribution is -0.122. The predicted octanol–water partition coefficient (Wildman–Crippen LogP) is 3.15. The minimum atomic E-state index is -1.03. The second-order valence-electron chi connectivity index (χ2n) is 5.30. The summed E-state index contributed by atoms with van der Waals surface area (Å²) in [7, 11) is 1.42. The van der Waals surface area contributed by atoms with E-state index in [0.29, 0.717) is 21.2 Å². The van der Waals surface area contributed by atoms with Crippen molar-refractivity contribution in [1.82, 2.24) is 5.32 Å². The van der Waals surface area contributed by atoms with Gasteiger partial charge >= 0.3 is 6.03 Å². The van der Waals surface area contributed by atoms with E-state index in [1.54, 1.807) is 12.1 Å². The van der Waals surface area contributed by atoms with Crippen molar-refractivity contribution in [1.29, 1.82) is 0 Å². The molecule has 4 amide bonds. The van der Waals surface area contributed by atoms with Gasteiger partial charge in [0.2, 0.25) is 0 Å². The number of carbonyl (C=O) groups is 3. The lowest BCUT2D eigenvalue weighted by atomic mass is 10.1. The Hall–Kier alpha value is -3.19. The lowest BCUT2D eigenvalue weighted by Crippen LogP contribution is -2.54. The fraction of sp³-hybridized carbons (Fsp3) is 0.0556. The van der Waals surface area contributed by atoms with Gasteiger partial charge in [-0.15, -0.1) is 0 Å². The number of carbonyl (C=O) groups excluding carboxylic acids is 3. The molecule has 0 atom stereocenters. The van der Waals surface area contributed by atoms with Crippen LogP contribution in [-0.4, -0.2) is 25.0 Å². The van der Waals surface area contributed by atoms with Gasteiger partial charge in [0.1, 0.15) is 17.1 Å². The van der Waals surface area contributed by atoms with Gasteiger partial charge in [-0.05, 0) is 36.4 Å². The minimum absolute atomic E-state index is 0.258. The smallest absolute Gasteiger partial charge is 0.336 e. The van der Waals surface area contributed by atoms with Crippen LogP contribution in [0.1, 0.15) is 5.56 Å². The Morgan fingerprint density at radius 3 is 2.58 bits per heavy atom. The van der Waals surface area contributed by atoms with Gasteiger partial charge in [-0.1, -0.05) is 23.7 Å². The van der Waals surface area contributed by atoms with Crippen LogP contribution in [0.2, 0.25) is 5.02 Å². The van der Waals surface area contributed by atoms with Crippen molar-refractivity contribution >= 4 is 41.2 Å². The average molecular weight is 375 g/mol. The Bertz CT molecular complexity index is 958. The standard InChI is InChI=1S/C18H12ClFN2O4/c1-26-15-7-6-11(19)8-10(15)9-12-16(23)21-18(25)22(17(12)24)14-5-3-2-4-13(14)20/h2-9H,1H3,(H,21,23,25)/b12-9-. The molecule has 0 radical (unpaired) electrons. The molecule has 0 bridgehead atoms. The summed E-state index contributed by atoms with van der Waals surface area (Å²) in [5, 5.41) is 2.39. The molecule has 2 aromatic carbocycles. The molecule has 26 heavy (non-hydrogen) atoms. The van der Waals surface area contributed by atoms with E-state index in [1.807, 2.05) is 5.32 Å². The van der Waals surface area contributed by atoms with Gasteiger partial charge in [-0.2, -0.15) is 0 Å². The van der Waals surface area contributed by atoms with Gasteiger partial charge in [0.15, 0.2) is 0 Å². The topological polar surface area (TPSA) is 75.7 Å². The number of nitrogens with zero attached hydrogens (tertiary/aromatic N) is 1. The quantitative estimate of drug-likeness (QED) is 0.661. The van der Waals surface area contributed by atoms with Gasteiger partial charge in [0.25, 0.3) is 11.8 Å². The fourth-order valence-electron chi connectivity index (χ4n) is 2.48. The number of rotatable bonds is 3. The number of ether oxygens (including phenoxy) is 1. The van der Waals surface area contributed by atoms with Crippen molar-refractivity contribution in [3.8, 4) is 5.75 Å². The SMILES string of the molecule is COc1ccc(Cl)cc1/C=C1/C(=O)NC(=O)N(c2ccccc2F)C1=O. The van der Waals surface area contributed by atoms with E-state index in [9.17, 15) is 18.8 Å². The maximum absolute atomic E-state index is 14.0. The highest BCUT2D eigenvalue weighted by Gasteiger charge is 2.38. The first-order valence-electron chi connectivity index (χ1n) is 7.42. The van der Waals surface area contributed by atoms with E-state index in [2.05, 4.69) is 0 Å². The fourth-order valence-corrected chi connectivity index (χ4v) is 2.66. The highest BCUT2D eigenvalue weighted by molar-refractivity contribution is 6.39. The Balaban J connectivity index is 2.09. The van der Waals surface area contributed by atoms with Crippen LogP contribution in [0.3, 0.4) is 0 Å². The van der Waals surface area contributed by atoms with E-state index < -0.39 is 23.7 Å². The summed E-state index contributed by atoms with van der Waals surface area (Å²) < 4.78 is 19.2. The monoisotopic (exact) mass is 374 g/mol. The van der Waals surface area contributed by atoms with Crippen molar-refractivity contribution in [2.24, 2.45) is 0 Å². The maximum Gasteiger partial charge on any atom is 0.336 e. The van der Waals surface area contributed by atoms with Crippen molar-refractivity contribution in [3.05, 3.63) is 64.4 Å². The van der Waals surface area contributed by atoms with E-state index in [0.717, 1.165) is 6.07 Å². The number of anilines is 1. The van der Waals surface area contributed by atoms with Gasteiger partial charge in [-0.25, -0.2) is 14.1 Å². The summed E-state index contributed by atoms with van der Waals surface area (Å²) >= 11 is 5.95. The molecule has 8 heteroatoms. The van der Waals surface area contributed by atoms with Crippen LogP contribution >= 0.6 is 11.6 Å². The van der Waals surface area contributed by atoms with Crippen molar-refractivity contribution in [2.45, 2.75) is 0 Å². The second kappa shape index (κ2) is 6.97. The molecule has 1 heterocycles. The van der Waals surface area contributed by atoms with Gasteiger partial charge < -0.3 is 4.74 Å². The Morgan fingerprint density at radius 2 is 1.88 bits per heavy atom. The number of imide groups is 2. The lowest BCUT2D eigenvalue weighted by Gasteiger charge is -2.26. The molecule has 1 fully saturated rings. The normalized spacial score (nSPS) is 16.0. The second-order valence-corrected chi connectivity index (χ2v) is 5.73. The third kappa shape index (κ3) is 3.16. The molecule has 0 aliphatic carbocycles. The zero-order valence-electron chi connectivity index (χ0n) is 13.5. The Labute approximate surface area is 152 Å². The van der Waals surface area contributed by atoms with Crippen LogP contribution in [0, 0.1) is 5.82 Å². The van der Waals surface area contributed by atoms with Crippen molar-refractivity contribution in [2.75, 3.05) is 12.0 Å². The number of urea groups is 1. The van der Waals surface area contributed by atoms with E-state index in [4.69, 9.17) is 16.3 Å². The third-order valence-electron chi connectivity index (χ3n) is 3.69. The van der Waals surface area contributed by atoms with Crippen LogP contribution in [0.15, 0.2) is 48.0 Å². The first-order chi connectivity index (χ1) is 12.4. The largest absolute Gasteiger partial charge is 0.496 e. The number of hydrogen-bond donors (Lipinski definition) is 1. The van der Waals surface area contributed by atoms with E-state index in [-0.39, 0.29) is 11.3 Å². The molecule has 2 aromatic rings. The molecule has 3 rings (SSSR count). The van der Waals surface area contributed by atoms with Crippen LogP contribution in [0.25, 0.3) is 6.08 Å². The van der Waals surface area contributed by atoms with Gasteiger partial charge in [0.05, 0.1) is 12.8 Å². The highest BCUT2D eigenvalue weighted by atomic mass is 35.5. The first-order valence-corrected chi connectivity index (χ1v) is 7.79. The summed E-state index contributed by atoms with van der Waals surface area (Å²) in [6, 6.07) is 8.89. The van der Waals surface area contributed by atoms with Gasteiger partial charge in [0, 0.05) is 10.6 Å². The number of benzene rings is 2. The molecule has 0 aromatic heterocycles. The van der Waals surface area contributed by atoms with Crippen LogP contribution in [-0.2, 0) is 9.59 Å².